The molecule has 0 aromatic carbocycles. The average molecular weight is 248 g/mol. The Labute approximate surface area is 107 Å². The molecule has 98 valence electrons. The Hall–Kier alpha value is -1.20. The zero-order chi connectivity index (χ0) is 12.2. The molecule has 0 saturated carbocycles. The number of nitrogens with zero attached hydrogens (tertiary/aromatic N) is 2. The lowest BCUT2D eigenvalue weighted by molar-refractivity contribution is 0.0372. The van der Waals surface area contributed by atoms with Crippen LogP contribution in [0.2, 0.25) is 0 Å². The number of anilines is 1. The molecular weight excluding hydrogens is 228 g/mol. The predicted octanol–water partition coefficient (Wildman–Crippen LogP) is 0.756. The third-order valence-electron chi connectivity index (χ3n) is 3.63. The fourth-order valence-corrected chi connectivity index (χ4v) is 2.63. The first-order valence-corrected chi connectivity index (χ1v) is 6.82. The first-order valence-electron chi connectivity index (χ1n) is 6.82. The van der Waals surface area contributed by atoms with Gasteiger partial charge in [-0.1, -0.05) is 0 Å². The Morgan fingerprint density at radius 3 is 3.17 bits per heavy atom. The van der Waals surface area contributed by atoms with Crippen molar-refractivity contribution in [3.8, 4) is 0 Å². The summed E-state index contributed by atoms with van der Waals surface area (Å²) in [5.41, 5.74) is 2.54. The Morgan fingerprint density at radius 2 is 2.28 bits per heavy atom. The van der Waals surface area contributed by atoms with E-state index in [1.54, 1.807) is 6.33 Å². The van der Waals surface area contributed by atoms with E-state index in [0.717, 1.165) is 44.9 Å². The van der Waals surface area contributed by atoms with Crippen molar-refractivity contribution in [3.63, 3.8) is 0 Å². The van der Waals surface area contributed by atoms with Gasteiger partial charge in [-0.05, 0) is 25.7 Å². The zero-order valence-corrected chi connectivity index (χ0v) is 10.6. The highest BCUT2D eigenvalue weighted by Gasteiger charge is 2.17. The molecule has 1 aliphatic heterocycles. The van der Waals surface area contributed by atoms with E-state index in [2.05, 4.69) is 20.6 Å². The van der Waals surface area contributed by atoms with Crippen LogP contribution in [0, 0.1) is 0 Å². The van der Waals surface area contributed by atoms with E-state index in [0.29, 0.717) is 0 Å². The quantitative estimate of drug-likeness (QED) is 0.827. The fourth-order valence-electron chi connectivity index (χ4n) is 2.63. The maximum absolute atomic E-state index is 5.68. The molecule has 1 fully saturated rings. The van der Waals surface area contributed by atoms with Crippen LogP contribution in [0.25, 0.3) is 0 Å². The lowest BCUT2D eigenvalue weighted by Crippen LogP contribution is -2.42. The first kappa shape index (κ1) is 11.9. The molecule has 1 unspecified atom stereocenters. The van der Waals surface area contributed by atoms with Gasteiger partial charge in [-0.2, -0.15) is 0 Å². The molecule has 0 bridgehead atoms. The Balaban J connectivity index is 1.65. The molecule has 1 aliphatic carbocycles. The number of hydrogen-bond acceptors (Lipinski definition) is 5. The van der Waals surface area contributed by atoms with Crippen molar-refractivity contribution >= 4 is 5.82 Å². The maximum Gasteiger partial charge on any atom is 0.132 e. The van der Waals surface area contributed by atoms with Gasteiger partial charge in [-0.25, -0.2) is 9.97 Å². The summed E-state index contributed by atoms with van der Waals surface area (Å²) in [5.74, 6) is 1.01. The van der Waals surface area contributed by atoms with Crippen molar-refractivity contribution in [1.82, 2.24) is 15.3 Å². The summed E-state index contributed by atoms with van der Waals surface area (Å²) < 4.78 is 5.68. The number of aromatic nitrogens is 2. The number of rotatable bonds is 3. The van der Waals surface area contributed by atoms with Crippen molar-refractivity contribution in [2.75, 3.05) is 31.6 Å². The number of hydrogen-bond donors (Lipinski definition) is 2. The molecule has 5 heteroatoms. The summed E-state index contributed by atoms with van der Waals surface area (Å²) in [6.07, 6.45) is 6.60. The fraction of sp³-hybridized carbons (Fsp3) is 0.692. The van der Waals surface area contributed by atoms with E-state index in [-0.39, 0.29) is 6.10 Å². The van der Waals surface area contributed by atoms with Crippen molar-refractivity contribution in [1.29, 1.82) is 0 Å². The lowest BCUT2D eigenvalue weighted by atomic mass is 9.96. The molecule has 1 aromatic rings. The summed E-state index contributed by atoms with van der Waals surface area (Å²) in [4.78, 5) is 8.76. The molecule has 2 aliphatic rings. The van der Waals surface area contributed by atoms with Crippen LogP contribution < -0.4 is 10.6 Å². The van der Waals surface area contributed by atoms with E-state index in [1.807, 2.05) is 0 Å². The Kier molecular flexibility index (Phi) is 3.71. The minimum atomic E-state index is 0.243. The smallest absolute Gasteiger partial charge is 0.132 e. The van der Waals surface area contributed by atoms with Gasteiger partial charge in [0.25, 0.3) is 0 Å². The number of aryl methyl sites for hydroxylation is 1. The van der Waals surface area contributed by atoms with Crippen molar-refractivity contribution in [3.05, 3.63) is 17.6 Å². The molecule has 0 spiro atoms. The van der Waals surface area contributed by atoms with Gasteiger partial charge in [0, 0.05) is 30.9 Å². The molecule has 1 aromatic heterocycles. The van der Waals surface area contributed by atoms with E-state index in [1.165, 1.54) is 24.1 Å². The summed E-state index contributed by atoms with van der Waals surface area (Å²) >= 11 is 0. The Bertz CT molecular complexity index is 404. The zero-order valence-electron chi connectivity index (χ0n) is 10.6. The molecule has 2 heterocycles. The second-order valence-electron chi connectivity index (χ2n) is 4.93. The lowest BCUT2D eigenvalue weighted by Gasteiger charge is -2.25. The molecule has 18 heavy (non-hydrogen) atoms. The van der Waals surface area contributed by atoms with Crippen molar-refractivity contribution in [2.45, 2.75) is 31.8 Å². The molecule has 2 N–H and O–H groups in total. The molecule has 0 radical (unpaired) electrons. The second-order valence-corrected chi connectivity index (χ2v) is 4.93. The van der Waals surface area contributed by atoms with Gasteiger partial charge >= 0.3 is 0 Å². The van der Waals surface area contributed by atoms with Crippen molar-refractivity contribution in [2.24, 2.45) is 0 Å². The highest BCUT2D eigenvalue weighted by atomic mass is 16.5. The van der Waals surface area contributed by atoms with Gasteiger partial charge < -0.3 is 15.4 Å². The maximum atomic E-state index is 5.68. The third kappa shape index (κ3) is 2.62. The molecule has 5 nitrogen and oxygen atoms in total. The monoisotopic (exact) mass is 248 g/mol. The summed E-state index contributed by atoms with van der Waals surface area (Å²) in [6, 6.07) is 0. The van der Waals surface area contributed by atoms with Gasteiger partial charge in [0.15, 0.2) is 0 Å². The van der Waals surface area contributed by atoms with E-state index in [4.69, 9.17) is 4.74 Å². The predicted molar refractivity (Wildman–Crippen MR) is 69.8 cm³/mol. The molecular formula is C13H20N4O. The van der Waals surface area contributed by atoms with Crippen LogP contribution >= 0.6 is 0 Å². The number of ether oxygens (including phenoxy) is 1. The summed E-state index contributed by atoms with van der Waals surface area (Å²) in [7, 11) is 0. The molecule has 3 rings (SSSR count). The van der Waals surface area contributed by atoms with Crippen LogP contribution in [-0.2, 0) is 17.6 Å². The van der Waals surface area contributed by atoms with Crippen LogP contribution in [0.3, 0.4) is 0 Å². The largest absolute Gasteiger partial charge is 0.374 e. The molecule has 1 saturated heterocycles. The van der Waals surface area contributed by atoms with Crippen LogP contribution in [0.1, 0.15) is 24.1 Å². The number of nitrogens with one attached hydrogen (secondary N) is 2. The van der Waals surface area contributed by atoms with E-state index >= 15 is 0 Å². The number of fused-ring (bicyclic) bond motifs is 1. The second kappa shape index (κ2) is 5.63. The van der Waals surface area contributed by atoms with E-state index in [9.17, 15) is 0 Å². The van der Waals surface area contributed by atoms with Crippen molar-refractivity contribution < 1.29 is 4.74 Å². The Morgan fingerprint density at radius 1 is 1.33 bits per heavy atom. The minimum absolute atomic E-state index is 0.243. The van der Waals surface area contributed by atoms with Crippen LogP contribution in [0.4, 0.5) is 5.82 Å². The van der Waals surface area contributed by atoms with Gasteiger partial charge in [-0.15, -0.1) is 0 Å². The SMILES string of the molecule is c1nc2c(c(NCC3CNCCO3)n1)CCCC2. The summed E-state index contributed by atoms with van der Waals surface area (Å²) in [6.45, 7) is 3.49. The molecule has 0 amide bonds. The van der Waals surface area contributed by atoms with Gasteiger partial charge in [0.2, 0.25) is 0 Å². The van der Waals surface area contributed by atoms with Gasteiger partial charge in [0.05, 0.1) is 12.7 Å². The summed E-state index contributed by atoms with van der Waals surface area (Å²) in [5, 5.41) is 6.76. The normalized spacial score (nSPS) is 23.4. The van der Waals surface area contributed by atoms with Crippen LogP contribution in [-0.4, -0.2) is 42.3 Å². The van der Waals surface area contributed by atoms with Gasteiger partial charge in [0.1, 0.15) is 12.1 Å². The standard InChI is InChI=1S/C13H20N4O/c1-2-4-12-11(3-1)13(17-9-16-12)15-8-10-7-14-5-6-18-10/h9-10,14H,1-8H2,(H,15,16,17). The van der Waals surface area contributed by atoms with Gasteiger partial charge in [-0.3, -0.25) is 0 Å². The third-order valence-corrected chi connectivity index (χ3v) is 3.63. The minimum Gasteiger partial charge on any atom is -0.374 e. The topological polar surface area (TPSA) is 59.1 Å². The number of morpholine rings is 1. The van der Waals surface area contributed by atoms with Crippen LogP contribution in [0.15, 0.2) is 6.33 Å². The average Bonchev–Trinajstić information content (AvgIpc) is 2.46. The first-order chi connectivity index (χ1) is 8.93. The van der Waals surface area contributed by atoms with E-state index < -0.39 is 0 Å². The van der Waals surface area contributed by atoms with Crippen LogP contribution in [0.5, 0.6) is 0 Å². The molecule has 1 atom stereocenters. The highest BCUT2D eigenvalue weighted by Crippen LogP contribution is 2.24. The highest BCUT2D eigenvalue weighted by molar-refractivity contribution is 5.47.